The van der Waals surface area contributed by atoms with Crippen molar-refractivity contribution in [2.45, 2.75) is 0 Å². The third-order valence-corrected chi connectivity index (χ3v) is 1.70. The summed E-state index contributed by atoms with van der Waals surface area (Å²) in [5.74, 6) is 0.458. The number of nitrogens with zero attached hydrogens (tertiary/aromatic N) is 2. The summed E-state index contributed by atoms with van der Waals surface area (Å²) in [6.07, 6.45) is 0. The third kappa shape index (κ3) is 3.81. The predicted molar refractivity (Wildman–Crippen MR) is 48.8 cm³/mol. The minimum absolute atomic E-state index is 0.301. The van der Waals surface area contributed by atoms with Crippen LogP contribution in [0.3, 0.4) is 0 Å². The molecule has 0 atom stereocenters. The fourth-order valence-electron chi connectivity index (χ4n) is 0.646. The molecule has 0 aliphatic heterocycles. The van der Waals surface area contributed by atoms with E-state index in [0.717, 1.165) is 0 Å². The normalized spacial score (nSPS) is 9.62. The van der Waals surface area contributed by atoms with Crippen molar-refractivity contribution in [2.24, 2.45) is 0 Å². The van der Waals surface area contributed by atoms with E-state index >= 15 is 0 Å². The Morgan fingerprint density at radius 1 is 1.77 bits per heavy atom. The highest BCUT2D eigenvalue weighted by Gasteiger charge is 2.01. The number of urea groups is 1. The van der Waals surface area contributed by atoms with Gasteiger partial charge in [0, 0.05) is 13.7 Å². The van der Waals surface area contributed by atoms with Crippen LogP contribution in [-0.2, 0) is 4.74 Å². The molecule has 72 valence electrons. The van der Waals surface area contributed by atoms with Gasteiger partial charge in [-0.25, -0.2) is 4.79 Å². The van der Waals surface area contributed by atoms with E-state index in [4.69, 9.17) is 4.74 Å². The van der Waals surface area contributed by atoms with Gasteiger partial charge in [0.25, 0.3) is 0 Å². The highest BCUT2D eigenvalue weighted by molar-refractivity contribution is 7.03. The first-order valence-electron chi connectivity index (χ1n) is 3.64. The summed E-state index contributed by atoms with van der Waals surface area (Å²) in [6, 6.07) is -0.301. The molecule has 0 fully saturated rings. The van der Waals surface area contributed by atoms with Gasteiger partial charge in [-0.15, -0.1) is 5.10 Å². The average Bonchev–Trinajstić information content (AvgIpc) is 2.57. The van der Waals surface area contributed by atoms with Gasteiger partial charge < -0.3 is 10.1 Å². The number of rotatable bonds is 4. The predicted octanol–water partition coefficient (Wildman–Crippen LogP) is 0.306. The van der Waals surface area contributed by atoms with Crippen LogP contribution in [0.15, 0.2) is 5.38 Å². The maximum atomic E-state index is 11.0. The molecule has 1 aromatic rings. The second kappa shape index (κ2) is 5.44. The highest BCUT2D eigenvalue weighted by atomic mass is 32.1. The van der Waals surface area contributed by atoms with Crippen molar-refractivity contribution >= 4 is 23.4 Å². The largest absolute Gasteiger partial charge is 0.383 e. The molecule has 0 aromatic carbocycles. The average molecular weight is 202 g/mol. The number of aromatic nitrogens is 2. The molecule has 0 aliphatic rings. The second-order valence-corrected chi connectivity index (χ2v) is 2.77. The molecule has 0 spiro atoms. The lowest BCUT2D eigenvalue weighted by atomic mass is 10.6. The molecule has 7 heteroatoms. The Balaban J connectivity index is 2.18. The molecular formula is C6H10N4O2S. The van der Waals surface area contributed by atoms with Gasteiger partial charge in [0.15, 0.2) is 5.82 Å². The Labute approximate surface area is 79.5 Å². The molecule has 1 heterocycles. The number of nitrogens with one attached hydrogen (secondary N) is 2. The number of methoxy groups -OCH3 is 1. The van der Waals surface area contributed by atoms with Crippen LogP contribution in [0, 0.1) is 0 Å². The molecule has 1 aromatic heterocycles. The zero-order chi connectivity index (χ0) is 9.52. The van der Waals surface area contributed by atoms with E-state index in [0.29, 0.717) is 19.0 Å². The Bertz CT molecular complexity index is 251. The molecule has 6 nitrogen and oxygen atoms in total. The van der Waals surface area contributed by atoms with Crippen LogP contribution in [0.1, 0.15) is 0 Å². The van der Waals surface area contributed by atoms with Gasteiger partial charge in [-0.2, -0.15) is 0 Å². The van der Waals surface area contributed by atoms with E-state index in [1.54, 1.807) is 12.5 Å². The van der Waals surface area contributed by atoms with Gasteiger partial charge in [-0.05, 0) is 11.5 Å². The zero-order valence-corrected chi connectivity index (χ0v) is 7.93. The Morgan fingerprint density at radius 2 is 2.62 bits per heavy atom. The SMILES string of the molecule is COCCNC(=O)Nc1csnn1. The summed E-state index contributed by atoms with van der Waals surface area (Å²) >= 11 is 1.18. The lowest BCUT2D eigenvalue weighted by Crippen LogP contribution is -2.31. The quantitative estimate of drug-likeness (QED) is 0.689. The number of hydrogen-bond acceptors (Lipinski definition) is 5. The summed E-state index contributed by atoms with van der Waals surface area (Å²) in [7, 11) is 1.57. The second-order valence-electron chi connectivity index (χ2n) is 2.16. The van der Waals surface area contributed by atoms with Gasteiger partial charge >= 0.3 is 6.03 Å². The van der Waals surface area contributed by atoms with Gasteiger partial charge in [-0.3, -0.25) is 5.32 Å². The van der Waals surface area contributed by atoms with Crippen LogP contribution in [0.25, 0.3) is 0 Å². The lowest BCUT2D eigenvalue weighted by molar-refractivity contribution is 0.198. The van der Waals surface area contributed by atoms with Crippen LogP contribution < -0.4 is 10.6 Å². The molecule has 0 aliphatic carbocycles. The number of carbonyl (C=O) groups is 1. The van der Waals surface area contributed by atoms with Gasteiger partial charge in [0.2, 0.25) is 0 Å². The van der Waals surface area contributed by atoms with Crippen LogP contribution in [0.5, 0.6) is 0 Å². The molecule has 0 saturated carbocycles. The van der Waals surface area contributed by atoms with Crippen molar-refractivity contribution in [1.82, 2.24) is 14.9 Å². The van der Waals surface area contributed by atoms with Gasteiger partial charge in [0.05, 0.1) is 12.0 Å². The first-order chi connectivity index (χ1) is 6.33. The molecule has 2 amide bonds. The van der Waals surface area contributed by atoms with Crippen LogP contribution in [0.4, 0.5) is 10.6 Å². The molecule has 0 unspecified atom stereocenters. The Kier molecular flexibility index (Phi) is 4.13. The Morgan fingerprint density at radius 3 is 3.23 bits per heavy atom. The molecular weight excluding hydrogens is 192 g/mol. The molecule has 0 saturated heterocycles. The lowest BCUT2D eigenvalue weighted by Gasteiger charge is -2.03. The number of amides is 2. The highest BCUT2D eigenvalue weighted by Crippen LogP contribution is 2.01. The monoisotopic (exact) mass is 202 g/mol. The van der Waals surface area contributed by atoms with Crippen molar-refractivity contribution in [3.63, 3.8) is 0 Å². The third-order valence-electron chi connectivity index (χ3n) is 1.19. The Hall–Kier alpha value is -1.21. The first kappa shape index (κ1) is 9.87. The summed E-state index contributed by atoms with van der Waals surface area (Å²) in [5.41, 5.74) is 0. The summed E-state index contributed by atoms with van der Waals surface area (Å²) in [6.45, 7) is 0.961. The van der Waals surface area contributed by atoms with Crippen molar-refractivity contribution in [2.75, 3.05) is 25.6 Å². The molecule has 1 rings (SSSR count). The maximum absolute atomic E-state index is 11.0. The van der Waals surface area contributed by atoms with Crippen molar-refractivity contribution in [1.29, 1.82) is 0 Å². The summed E-state index contributed by atoms with van der Waals surface area (Å²) < 4.78 is 8.36. The fourth-order valence-corrected chi connectivity index (χ4v) is 1.03. The van der Waals surface area contributed by atoms with E-state index in [1.165, 1.54) is 11.5 Å². The zero-order valence-electron chi connectivity index (χ0n) is 7.11. The van der Waals surface area contributed by atoms with E-state index in [1.807, 2.05) is 0 Å². The fraction of sp³-hybridized carbons (Fsp3) is 0.500. The van der Waals surface area contributed by atoms with Crippen molar-refractivity contribution in [3.8, 4) is 0 Å². The minimum atomic E-state index is -0.301. The van der Waals surface area contributed by atoms with E-state index in [2.05, 4.69) is 20.2 Å². The molecule has 0 radical (unpaired) electrons. The number of carbonyl (C=O) groups excluding carboxylic acids is 1. The van der Waals surface area contributed by atoms with Gasteiger partial charge in [-0.1, -0.05) is 4.49 Å². The number of anilines is 1. The number of ether oxygens (including phenoxy) is 1. The standard InChI is InChI=1S/C6H10N4O2S/c1-12-3-2-7-6(11)8-5-4-13-10-9-5/h4H,2-3H2,1H3,(H2,7,8,11). The van der Waals surface area contributed by atoms with Crippen LogP contribution >= 0.6 is 11.5 Å². The minimum Gasteiger partial charge on any atom is -0.383 e. The summed E-state index contributed by atoms with van der Waals surface area (Å²) in [5, 5.41) is 10.4. The van der Waals surface area contributed by atoms with Gasteiger partial charge in [0.1, 0.15) is 0 Å². The molecule has 2 N–H and O–H groups in total. The topological polar surface area (TPSA) is 76.1 Å². The molecule has 0 bridgehead atoms. The molecule has 13 heavy (non-hydrogen) atoms. The van der Waals surface area contributed by atoms with Crippen LogP contribution in [-0.4, -0.2) is 35.9 Å². The van der Waals surface area contributed by atoms with Crippen LogP contribution in [0.2, 0.25) is 0 Å². The first-order valence-corrected chi connectivity index (χ1v) is 4.47. The van der Waals surface area contributed by atoms with E-state index in [9.17, 15) is 4.79 Å². The van der Waals surface area contributed by atoms with Crippen molar-refractivity contribution < 1.29 is 9.53 Å². The van der Waals surface area contributed by atoms with E-state index < -0.39 is 0 Å². The maximum Gasteiger partial charge on any atom is 0.320 e. The summed E-state index contributed by atoms with van der Waals surface area (Å²) in [4.78, 5) is 11.0. The van der Waals surface area contributed by atoms with E-state index in [-0.39, 0.29) is 6.03 Å². The smallest absolute Gasteiger partial charge is 0.320 e. The van der Waals surface area contributed by atoms with Crippen molar-refractivity contribution in [3.05, 3.63) is 5.38 Å². The number of hydrogen-bond donors (Lipinski definition) is 2.